The van der Waals surface area contributed by atoms with Crippen LogP contribution in [0.4, 0.5) is 11.8 Å². The maximum Gasteiger partial charge on any atom is 0.239 e. The molecule has 0 amide bonds. The maximum atomic E-state index is 8.73. The van der Waals surface area contributed by atoms with Gasteiger partial charge >= 0.3 is 0 Å². The SMILES string of the molecule is CC(C#N)CN(C)c1nc(NN)ncc1Cl. The minimum Gasteiger partial charge on any atom is -0.357 e. The predicted molar refractivity (Wildman–Crippen MR) is 62.9 cm³/mol. The lowest BCUT2D eigenvalue weighted by molar-refractivity contribution is 0.709. The number of hydrogen-bond acceptors (Lipinski definition) is 6. The number of hydrazine groups is 1. The highest BCUT2D eigenvalue weighted by molar-refractivity contribution is 6.32. The zero-order valence-electron chi connectivity index (χ0n) is 9.11. The lowest BCUT2D eigenvalue weighted by atomic mass is 10.2. The molecule has 0 aliphatic rings. The Kier molecular flexibility index (Phi) is 4.28. The number of aromatic nitrogens is 2. The molecule has 0 aliphatic heterocycles. The summed E-state index contributed by atoms with van der Waals surface area (Å²) in [7, 11) is 1.81. The van der Waals surface area contributed by atoms with Gasteiger partial charge in [0.1, 0.15) is 5.02 Å². The van der Waals surface area contributed by atoms with Gasteiger partial charge in [-0.05, 0) is 6.92 Å². The van der Waals surface area contributed by atoms with Gasteiger partial charge in [0, 0.05) is 13.6 Å². The Morgan fingerprint density at radius 3 is 3.00 bits per heavy atom. The van der Waals surface area contributed by atoms with E-state index >= 15 is 0 Å². The quantitative estimate of drug-likeness (QED) is 0.603. The molecule has 3 N–H and O–H groups in total. The third-order valence-electron chi connectivity index (χ3n) is 1.98. The molecule has 1 rings (SSSR count). The first-order chi connectivity index (χ1) is 7.58. The number of nitriles is 1. The van der Waals surface area contributed by atoms with Gasteiger partial charge in [-0.3, -0.25) is 5.43 Å². The molecule has 1 unspecified atom stereocenters. The van der Waals surface area contributed by atoms with Gasteiger partial charge in [-0.25, -0.2) is 10.8 Å². The van der Waals surface area contributed by atoms with Gasteiger partial charge in [-0.15, -0.1) is 0 Å². The Morgan fingerprint density at radius 2 is 2.44 bits per heavy atom. The highest BCUT2D eigenvalue weighted by Gasteiger charge is 2.12. The van der Waals surface area contributed by atoms with Crippen LogP contribution in [0.25, 0.3) is 0 Å². The van der Waals surface area contributed by atoms with Crippen molar-refractivity contribution in [2.45, 2.75) is 6.92 Å². The van der Waals surface area contributed by atoms with Crippen LogP contribution in [0.2, 0.25) is 5.02 Å². The molecule has 0 aliphatic carbocycles. The van der Waals surface area contributed by atoms with Crippen LogP contribution in [0, 0.1) is 17.2 Å². The van der Waals surface area contributed by atoms with Crippen molar-refractivity contribution < 1.29 is 0 Å². The normalized spacial score (nSPS) is 11.7. The number of rotatable bonds is 4. The summed E-state index contributed by atoms with van der Waals surface area (Å²) < 4.78 is 0. The molecule has 7 heteroatoms. The van der Waals surface area contributed by atoms with Crippen LogP contribution in [0.1, 0.15) is 6.92 Å². The predicted octanol–water partition coefficient (Wildman–Crippen LogP) is 1.01. The number of nitrogen functional groups attached to an aromatic ring is 1. The summed E-state index contributed by atoms with van der Waals surface area (Å²) in [5.74, 6) is 5.94. The molecule has 6 nitrogen and oxygen atoms in total. The fourth-order valence-electron chi connectivity index (χ4n) is 1.23. The zero-order chi connectivity index (χ0) is 12.1. The molecule has 1 atom stereocenters. The van der Waals surface area contributed by atoms with Crippen molar-refractivity contribution in [3.8, 4) is 6.07 Å². The van der Waals surface area contributed by atoms with Crippen LogP contribution in [0.3, 0.4) is 0 Å². The first-order valence-electron chi connectivity index (χ1n) is 4.68. The van der Waals surface area contributed by atoms with Crippen molar-refractivity contribution in [3.05, 3.63) is 11.2 Å². The fourth-order valence-corrected chi connectivity index (χ4v) is 1.47. The molecule has 1 heterocycles. The van der Waals surface area contributed by atoms with Gasteiger partial charge in [0.05, 0.1) is 18.2 Å². The van der Waals surface area contributed by atoms with Crippen LogP contribution < -0.4 is 16.2 Å². The van der Waals surface area contributed by atoms with Gasteiger partial charge in [-0.2, -0.15) is 10.2 Å². The molecule has 0 aromatic carbocycles. The highest BCUT2D eigenvalue weighted by Crippen LogP contribution is 2.22. The first kappa shape index (κ1) is 12.5. The van der Waals surface area contributed by atoms with E-state index in [0.29, 0.717) is 17.4 Å². The maximum absolute atomic E-state index is 8.73. The zero-order valence-corrected chi connectivity index (χ0v) is 9.86. The van der Waals surface area contributed by atoms with Crippen molar-refractivity contribution >= 4 is 23.4 Å². The molecule has 0 bridgehead atoms. The van der Waals surface area contributed by atoms with Crippen molar-refractivity contribution in [3.63, 3.8) is 0 Å². The Bertz CT molecular complexity index is 401. The molecule has 0 fully saturated rings. The smallest absolute Gasteiger partial charge is 0.239 e. The number of nitrogens with two attached hydrogens (primary N) is 1. The van der Waals surface area contributed by atoms with Crippen LogP contribution in [-0.4, -0.2) is 23.6 Å². The lowest BCUT2D eigenvalue weighted by Gasteiger charge is -2.20. The average molecular weight is 241 g/mol. The molecule has 0 saturated heterocycles. The summed E-state index contributed by atoms with van der Waals surface area (Å²) >= 11 is 5.96. The van der Waals surface area contributed by atoms with E-state index in [9.17, 15) is 0 Å². The van der Waals surface area contributed by atoms with E-state index in [0.717, 1.165) is 0 Å². The van der Waals surface area contributed by atoms with E-state index in [-0.39, 0.29) is 11.9 Å². The van der Waals surface area contributed by atoms with Crippen molar-refractivity contribution in [2.24, 2.45) is 11.8 Å². The van der Waals surface area contributed by atoms with E-state index in [1.807, 2.05) is 14.0 Å². The third kappa shape index (κ3) is 2.95. The molecule has 0 spiro atoms. The molecule has 0 saturated carbocycles. The van der Waals surface area contributed by atoms with Crippen molar-refractivity contribution in [1.29, 1.82) is 5.26 Å². The Morgan fingerprint density at radius 1 is 1.75 bits per heavy atom. The monoisotopic (exact) mass is 240 g/mol. The van der Waals surface area contributed by atoms with Gasteiger partial charge < -0.3 is 4.90 Å². The summed E-state index contributed by atoms with van der Waals surface area (Å²) in [4.78, 5) is 9.77. The number of nitrogens with one attached hydrogen (secondary N) is 1. The van der Waals surface area contributed by atoms with E-state index in [1.165, 1.54) is 6.20 Å². The number of nitrogens with zero attached hydrogens (tertiary/aromatic N) is 4. The molecule has 1 aromatic heterocycles. The summed E-state index contributed by atoms with van der Waals surface area (Å²) in [5, 5.41) is 9.15. The van der Waals surface area contributed by atoms with E-state index in [2.05, 4.69) is 21.5 Å². The van der Waals surface area contributed by atoms with Gasteiger partial charge in [0.2, 0.25) is 5.95 Å². The van der Waals surface area contributed by atoms with Gasteiger partial charge in [-0.1, -0.05) is 11.6 Å². The van der Waals surface area contributed by atoms with Crippen molar-refractivity contribution in [1.82, 2.24) is 9.97 Å². The van der Waals surface area contributed by atoms with Crippen LogP contribution >= 0.6 is 11.6 Å². The summed E-state index contributed by atoms with van der Waals surface area (Å²) in [6, 6.07) is 2.15. The van der Waals surface area contributed by atoms with E-state index in [4.69, 9.17) is 22.7 Å². The Hall–Kier alpha value is -1.58. The van der Waals surface area contributed by atoms with Gasteiger partial charge in [0.15, 0.2) is 5.82 Å². The second-order valence-electron chi connectivity index (χ2n) is 3.42. The second kappa shape index (κ2) is 5.49. The van der Waals surface area contributed by atoms with Crippen molar-refractivity contribution in [2.75, 3.05) is 23.9 Å². The van der Waals surface area contributed by atoms with Crippen LogP contribution in [0.15, 0.2) is 6.20 Å². The Balaban J connectivity index is 2.90. The minimum atomic E-state index is -0.106. The molecular formula is C9H13ClN6. The second-order valence-corrected chi connectivity index (χ2v) is 3.83. The lowest BCUT2D eigenvalue weighted by Crippen LogP contribution is -2.25. The topological polar surface area (TPSA) is 90.9 Å². The molecular weight excluding hydrogens is 228 g/mol. The number of hydrogen-bond donors (Lipinski definition) is 2. The first-order valence-corrected chi connectivity index (χ1v) is 5.06. The average Bonchev–Trinajstić information content (AvgIpc) is 2.29. The van der Waals surface area contributed by atoms with Crippen LogP contribution in [0.5, 0.6) is 0 Å². The Labute approximate surface area is 99.0 Å². The molecule has 86 valence electrons. The van der Waals surface area contributed by atoms with Crippen LogP contribution in [-0.2, 0) is 0 Å². The largest absolute Gasteiger partial charge is 0.357 e. The molecule has 16 heavy (non-hydrogen) atoms. The standard InChI is InChI=1S/C9H13ClN6/c1-6(3-11)5-16(2)8-7(10)4-13-9(14-8)15-12/h4,6H,5,12H2,1-2H3,(H,13,14,15). The third-order valence-corrected chi connectivity index (χ3v) is 2.25. The fraction of sp³-hybridized carbons (Fsp3) is 0.444. The van der Waals surface area contributed by atoms with E-state index < -0.39 is 0 Å². The summed E-state index contributed by atoms with van der Waals surface area (Å²) in [6.07, 6.45) is 1.46. The minimum absolute atomic E-state index is 0.106. The highest BCUT2D eigenvalue weighted by atomic mass is 35.5. The molecule has 1 aromatic rings. The number of halogens is 1. The summed E-state index contributed by atoms with van der Waals surface area (Å²) in [6.45, 7) is 2.37. The molecule has 0 radical (unpaired) electrons. The van der Waals surface area contributed by atoms with Gasteiger partial charge in [0.25, 0.3) is 0 Å². The number of anilines is 2. The van der Waals surface area contributed by atoms with E-state index in [1.54, 1.807) is 4.90 Å². The summed E-state index contributed by atoms with van der Waals surface area (Å²) in [5.41, 5.74) is 2.34.